The third kappa shape index (κ3) is 4.39. The van der Waals surface area contributed by atoms with Gasteiger partial charge in [-0.25, -0.2) is 0 Å². The highest BCUT2D eigenvalue weighted by Gasteiger charge is 2.12. The molecule has 0 aliphatic carbocycles. The normalized spacial score (nSPS) is 12.7. The van der Waals surface area contributed by atoms with Gasteiger partial charge < -0.3 is 10.1 Å². The monoisotopic (exact) mass is 333 g/mol. The van der Waals surface area contributed by atoms with E-state index >= 15 is 0 Å². The molecule has 1 aromatic rings. The van der Waals surface area contributed by atoms with Crippen molar-refractivity contribution in [2.45, 2.75) is 26.3 Å². The first-order chi connectivity index (χ1) is 7.79. The number of rotatable bonds is 7. The maximum Gasteiger partial charge on any atom is 0.0661 e. The molecule has 0 spiro atoms. The van der Waals surface area contributed by atoms with E-state index in [1.807, 2.05) is 6.92 Å². The fourth-order valence-corrected chi connectivity index (χ4v) is 2.33. The predicted molar refractivity (Wildman–Crippen MR) is 76.7 cm³/mol. The lowest BCUT2D eigenvalue weighted by Crippen LogP contribution is -2.27. The van der Waals surface area contributed by atoms with Crippen molar-refractivity contribution in [3.8, 4) is 0 Å². The summed E-state index contributed by atoms with van der Waals surface area (Å²) in [5, 5.41) is 3.53. The van der Waals surface area contributed by atoms with Crippen LogP contribution < -0.4 is 5.32 Å². The van der Waals surface area contributed by atoms with Crippen LogP contribution in [0.2, 0.25) is 0 Å². The molecule has 1 N–H and O–H groups in total. The first-order valence-electron chi connectivity index (χ1n) is 5.85. The molecule has 16 heavy (non-hydrogen) atoms. The minimum Gasteiger partial charge on any atom is -0.380 e. The van der Waals surface area contributed by atoms with Gasteiger partial charge in [0, 0.05) is 10.2 Å². The van der Waals surface area contributed by atoms with Gasteiger partial charge in [-0.1, -0.05) is 25.1 Å². The van der Waals surface area contributed by atoms with E-state index in [1.54, 1.807) is 0 Å². The second-order valence-corrected chi connectivity index (χ2v) is 4.85. The first kappa shape index (κ1) is 13.9. The molecule has 0 radical (unpaired) electrons. The minimum atomic E-state index is 0.313. The van der Waals surface area contributed by atoms with Crippen LogP contribution in [-0.2, 0) is 4.74 Å². The van der Waals surface area contributed by atoms with Crippen LogP contribution >= 0.6 is 22.6 Å². The Morgan fingerprint density at radius 2 is 2.06 bits per heavy atom. The van der Waals surface area contributed by atoms with Gasteiger partial charge in [0.25, 0.3) is 0 Å². The fourth-order valence-electron chi connectivity index (χ4n) is 1.57. The Labute approximate surface area is 112 Å². The molecule has 0 amide bonds. The molecule has 1 rings (SSSR count). The molecule has 1 unspecified atom stereocenters. The highest BCUT2D eigenvalue weighted by atomic mass is 127. The zero-order chi connectivity index (χ0) is 11.8. The number of benzene rings is 1. The third-order valence-corrected chi connectivity index (χ3v) is 3.39. The van der Waals surface area contributed by atoms with Crippen LogP contribution in [0.25, 0.3) is 0 Å². The summed E-state index contributed by atoms with van der Waals surface area (Å²) in [6.07, 6.45) is 1.14. The molecule has 0 saturated heterocycles. The van der Waals surface area contributed by atoms with Gasteiger partial charge in [0.15, 0.2) is 0 Å². The summed E-state index contributed by atoms with van der Waals surface area (Å²) >= 11 is 2.38. The van der Waals surface area contributed by atoms with Gasteiger partial charge in [0.05, 0.1) is 12.6 Å². The van der Waals surface area contributed by atoms with Gasteiger partial charge in [-0.3, -0.25) is 0 Å². The summed E-state index contributed by atoms with van der Waals surface area (Å²) in [4.78, 5) is 0. The van der Waals surface area contributed by atoms with Crippen LogP contribution in [0.5, 0.6) is 0 Å². The quantitative estimate of drug-likeness (QED) is 0.773. The number of halogens is 1. The summed E-state index contributed by atoms with van der Waals surface area (Å²) in [7, 11) is 0. The van der Waals surface area contributed by atoms with Gasteiger partial charge >= 0.3 is 0 Å². The standard InChI is InChI=1S/C13H20INO/c1-3-9-15-13(10-16-4-2)11-7-5-6-8-12(11)14/h5-8,13,15H,3-4,9-10H2,1-2H3. The summed E-state index contributed by atoms with van der Waals surface area (Å²) in [6, 6.07) is 8.79. The van der Waals surface area contributed by atoms with Gasteiger partial charge in [-0.05, 0) is 54.1 Å². The first-order valence-corrected chi connectivity index (χ1v) is 6.93. The molecule has 90 valence electrons. The Morgan fingerprint density at radius 1 is 1.31 bits per heavy atom. The van der Waals surface area contributed by atoms with Crippen molar-refractivity contribution in [3.05, 3.63) is 33.4 Å². The van der Waals surface area contributed by atoms with Crippen LogP contribution in [0.15, 0.2) is 24.3 Å². The average molecular weight is 333 g/mol. The minimum absolute atomic E-state index is 0.313. The van der Waals surface area contributed by atoms with Gasteiger partial charge in [0.2, 0.25) is 0 Å². The van der Waals surface area contributed by atoms with Gasteiger partial charge in [-0.15, -0.1) is 0 Å². The lowest BCUT2D eigenvalue weighted by atomic mass is 10.1. The molecule has 0 heterocycles. The smallest absolute Gasteiger partial charge is 0.0661 e. The van der Waals surface area contributed by atoms with Crippen molar-refractivity contribution in [1.29, 1.82) is 0 Å². The van der Waals surface area contributed by atoms with Crippen molar-refractivity contribution in [2.75, 3.05) is 19.8 Å². The van der Waals surface area contributed by atoms with E-state index in [0.29, 0.717) is 6.04 Å². The number of nitrogens with one attached hydrogen (secondary N) is 1. The molecule has 1 aromatic carbocycles. The SMILES string of the molecule is CCCNC(COCC)c1ccccc1I. The van der Waals surface area contributed by atoms with Crippen LogP contribution in [-0.4, -0.2) is 19.8 Å². The number of hydrogen-bond acceptors (Lipinski definition) is 2. The lowest BCUT2D eigenvalue weighted by Gasteiger charge is -2.20. The molecule has 0 aliphatic rings. The van der Waals surface area contributed by atoms with E-state index in [1.165, 1.54) is 9.13 Å². The molecule has 2 nitrogen and oxygen atoms in total. The van der Waals surface area contributed by atoms with E-state index in [2.05, 4.69) is 59.1 Å². The zero-order valence-electron chi connectivity index (χ0n) is 10.0. The van der Waals surface area contributed by atoms with Crippen molar-refractivity contribution in [2.24, 2.45) is 0 Å². The highest BCUT2D eigenvalue weighted by molar-refractivity contribution is 14.1. The van der Waals surface area contributed by atoms with Gasteiger partial charge in [-0.2, -0.15) is 0 Å². The van der Waals surface area contributed by atoms with E-state index in [9.17, 15) is 0 Å². The van der Waals surface area contributed by atoms with E-state index in [-0.39, 0.29) is 0 Å². The molecule has 0 aromatic heterocycles. The largest absolute Gasteiger partial charge is 0.380 e. The van der Waals surface area contributed by atoms with Crippen LogP contribution in [0.3, 0.4) is 0 Å². The predicted octanol–water partition coefficient (Wildman–Crippen LogP) is 3.37. The summed E-state index contributed by atoms with van der Waals surface area (Å²) in [5.74, 6) is 0. The van der Waals surface area contributed by atoms with E-state index in [0.717, 1.165) is 26.2 Å². The topological polar surface area (TPSA) is 21.3 Å². The van der Waals surface area contributed by atoms with Crippen LogP contribution in [0.4, 0.5) is 0 Å². The number of ether oxygens (including phenoxy) is 1. The van der Waals surface area contributed by atoms with Crippen LogP contribution in [0, 0.1) is 3.57 Å². The second-order valence-electron chi connectivity index (χ2n) is 3.69. The maximum absolute atomic E-state index is 5.54. The van der Waals surface area contributed by atoms with E-state index < -0.39 is 0 Å². The Morgan fingerprint density at radius 3 is 2.69 bits per heavy atom. The van der Waals surface area contributed by atoms with Crippen LogP contribution in [0.1, 0.15) is 31.9 Å². The summed E-state index contributed by atoms with van der Waals surface area (Å²) in [5.41, 5.74) is 1.34. The Balaban J connectivity index is 2.70. The van der Waals surface area contributed by atoms with E-state index in [4.69, 9.17) is 4.74 Å². The number of hydrogen-bond donors (Lipinski definition) is 1. The second kappa shape index (κ2) is 8.03. The molecule has 1 atom stereocenters. The zero-order valence-corrected chi connectivity index (χ0v) is 12.2. The third-order valence-electron chi connectivity index (χ3n) is 2.41. The molecular formula is C13H20INO. The Bertz CT molecular complexity index is 296. The Kier molecular flexibility index (Phi) is 7.00. The summed E-state index contributed by atoms with van der Waals surface area (Å²) < 4.78 is 6.84. The average Bonchev–Trinajstić information content (AvgIpc) is 2.31. The molecule has 0 saturated carbocycles. The van der Waals surface area contributed by atoms with Crippen molar-refractivity contribution >= 4 is 22.6 Å². The Hall–Kier alpha value is -0.130. The highest BCUT2D eigenvalue weighted by Crippen LogP contribution is 2.20. The van der Waals surface area contributed by atoms with Gasteiger partial charge in [0.1, 0.15) is 0 Å². The van der Waals surface area contributed by atoms with Crippen molar-refractivity contribution in [1.82, 2.24) is 5.32 Å². The lowest BCUT2D eigenvalue weighted by molar-refractivity contribution is 0.123. The molecule has 0 aliphatic heterocycles. The molecular weight excluding hydrogens is 313 g/mol. The molecule has 0 fully saturated rings. The van der Waals surface area contributed by atoms with Crippen molar-refractivity contribution < 1.29 is 4.74 Å². The van der Waals surface area contributed by atoms with Crippen molar-refractivity contribution in [3.63, 3.8) is 0 Å². The summed E-state index contributed by atoms with van der Waals surface area (Å²) in [6.45, 7) is 6.76. The molecule has 3 heteroatoms. The maximum atomic E-state index is 5.54. The molecule has 0 bridgehead atoms. The fraction of sp³-hybridized carbons (Fsp3) is 0.538.